The van der Waals surface area contributed by atoms with Crippen LogP contribution in [-0.4, -0.2) is 56.2 Å². The predicted molar refractivity (Wildman–Crippen MR) is 105 cm³/mol. The maximum absolute atomic E-state index is 5.49. The minimum absolute atomic E-state index is 0.817. The molecule has 1 aromatic rings. The summed E-state index contributed by atoms with van der Waals surface area (Å²) in [6.07, 6.45) is 8.52. The van der Waals surface area contributed by atoms with Gasteiger partial charge in [-0.15, -0.1) is 0 Å². The van der Waals surface area contributed by atoms with Crippen molar-refractivity contribution in [2.45, 2.75) is 51.1 Å². The van der Waals surface area contributed by atoms with E-state index in [2.05, 4.69) is 21.9 Å². The largest absolute Gasteiger partial charge is 0.493 e. The van der Waals surface area contributed by atoms with E-state index in [1.54, 1.807) is 14.2 Å². The van der Waals surface area contributed by atoms with Crippen LogP contribution >= 0.6 is 0 Å². The Morgan fingerprint density at radius 1 is 0.885 bits per heavy atom. The summed E-state index contributed by atoms with van der Waals surface area (Å²) in [5.41, 5.74) is 1.33. The minimum atomic E-state index is 0.817. The van der Waals surface area contributed by atoms with Gasteiger partial charge in [0, 0.05) is 25.7 Å². The van der Waals surface area contributed by atoms with Gasteiger partial charge < -0.3 is 9.47 Å². The van der Waals surface area contributed by atoms with Gasteiger partial charge in [-0.05, 0) is 68.3 Å². The van der Waals surface area contributed by atoms with Gasteiger partial charge in [-0.25, -0.2) is 0 Å². The van der Waals surface area contributed by atoms with Crippen LogP contribution in [-0.2, 0) is 6.54 Å². The molecule has 2 saturated heterocycles. The summed E-state index contributed by atoms with van der Waals surface area (Å²) in [6, 6.07) is 7.22. The van der Waals surface area contributed by atoms with Crippen LogP contribution in [0.2, 0.25) is 0 Å². The first-order valence-electron chi connectivity index (χ1n) is 10.5. The fraction of sp³-hybridized carbons (Fsp3) is 0.727. The number of hydrogen-bond donors (Lipinski definition) is 0. The van der Waals surface area contributed by atoms with E-state index < -0.39 is 0 Å². The van der Waals surface area contributed by atoms with Gasteiger partial charge in [0.15, 0.2) is 11.5 Å². The number of benzene rings is 1. The van der Waals surface area contributed by atoms with Gasteiger partial charge in [-0.2, -0.15) is 0 Å². The van der Waals surface area contributed by atoms with Crippen LogP contribution in [0.25, 0.3) is 0 Å². The Morgan fingerprint density at radius 2 is 1.58 bits per heavy atom. The summed E-state index contributed by atoms with van der Waals surface area (Å²) in [7, 11) is 3.42. The Balaban J connectivity index is 1.44. The van der Waals surface area contributed by atoms with Gasteiger partial charge in [0.25, 0.3) is 0 Å². The first-order valence-corrected chi connectivity index (χ1v) is 10.5. The van der Waals surface area contributed by atoms with Crippen molar-refractivity contribution in [3.8, 4) is 11.5 Å². The van der Waals surface area contributed by atoms with Crippen molar-refractivity contribution in [3.05, 3.63) is 23.8 Å². The summed E-state index contributed by atoms with van der Waals surface area (Å²) < 4.78 is 10.9. The molecule has 0 amide bonds. The van der Waals surface area contributed by atoms with Gasteiger partial charge in [0.05, 0.1) is 14.2 Å². The highest BCUT2D eigenvalue weighted by Crippen LogP contribution is 2.39. The van der Waals surface area contributed by atoms with Crippen LogP contribution in [0.5, 0.6) is 11.5 Å². The zero-order valence-electron chi connectivity index (χ0n) is 16.5. The highest BCUT2D eigenvalue weighted by Gasteiger charge is 2.42. The van der Waals surface area contributed by atoms with Crippen molar-refractivity contribution < 1.29 is 9.47 Å². The van der Waals surface area contributed by atoms with E-state index in [0.29, 0.717) is 0 Å². The smallest absolute Gasteiger partial charge is 0.161 e. The van der Waals surface area contributed by atoms with E-state index in [9.17, 15) is 0 Å². The molecular weight excluding hydrogens is 324 g/mol. The van der Waals surface area contributed by atoms with Crippen molar-refractivity contribution >= 4 is 0 Å². The molecule has 0 radical (unpaired) electrons. The average molecular weight is 359 g/mol. The van der Waals surface area contributed by atoms with Crippen LogP contribution < -0.4 is 9.47 Å². The van der Waals surface area contributed by atoms with Crippen LogP contribution in [0.1, 0.15) is 44.1 Å². The summed E-state index contributed by atoms with van der Waals surface area (Å²) in [6.45, 7) is 6.22. The van der Waals surface area contributed by atoms with Crippen molar-refractivity contribution in [3.63, 3.8) is 0 Å². The minimum Gasteiger partial charge on any atom is -0.493 e. The number of rotatable bonds is 5. The number of hydrogen-bond acceptors (Lipinski definition) is 4. The molecule has 3 aliphatic rings. The van der Waals surface area contributed by atoms with E-state index in [-0.39, 0.29) is 0 Å². The summed E-state index contributed by atoms with van der Waals surface area (Å²) in [5, 5.41) is 0. The first kappa shape index (κ1) is 18.1. The molecule has 1 aromatic carbocycles. The van der Waals surface area contributed by atoms with Crippen molar-refractivity contribution in [1.82, 2.24) is 9.80 Å². The molecule has 2 aliphatic heterocycles. The second kappa shape index (κ2) is 8.18. The van der Waals surface area contributed by atoms with Gasteiger partial charge in [-0.3, -0.25) is 9.80 Å². The molecule has 4 heteroatoms. The van der Waals surface area contributed by atoms with Crippen LogP contribution in [0.3, 0.4) is 0 Å². The van der Waals surface area contributed by atoms with E-state index in [1.807, 2.05) is 6.07 Å². The van der Waals surface area contributed by atoms with Crippen molar-refractivity contribution in [1.29, 1.82) is 0 Å². The number of piperidine rings is 2. The van der Waals surface area contributed by atoms with Gasteiger partial charge >= 0.3 is 0 Å². The molecular formula is C22H34N2O2. The van der Waals surface area contributed by atoms with E-state index in [0.717, 1.165) is 35.9 Å². The third-order valence-corrected chi connectivity index (χ3v) is 6.77. The number of fused-ring (bicyclic) bond motifs is 2. The summed E-state index contributed by atoms with van der Waals surface area (Å²) >= 11 is 0. The number of likely N-dealkylation sites (tertiary alicyclic amines) is 2. The lowest BCUT2D eigenvalue weighted by Gasteiger charge is -2.52. The fourth-order valence-corrected chi connectivity index (χ4v) is 5.68. The summed E-state index contributed by atoms with van der Waals surface area (Å²) in [5.74, 6) is 3.38. The number of methoxy groups -OCH3 is 2. The molecule has 2 heterocycles. The van der Waals surface area contributed by atoms with Gasteiger partial charge in [-0.1, -0.05) is 18.9 Å². The highest BCUT2D eigenvalue weighted by molar-refractivity contribution is 5.42. The van der Waals surface area contributed by atoms with E-state index >= 15 is 0 Å². The third-order valence-electron chi connectivity index (χ3n) is 6.77. The number of nitrogens with zero attached hydrogens (tertiary/aromatic N) is 2. The normalized spacial score (nSPS) is 30.2. The Morgan fingerprint density at radius 3 is 2.23 bits per heavy atom. The van der Waals surface area contributed by atoms with Crippen LogP contribution in [0.4, 0.5) is 0 Å². The summed E-state index contributed by atoms with van der Waals surface area (Å²) in [4.78, 5) is 5.54. The van der Waals surface area contributed by atoms with E-state index in [1.165, 1.54) is 70.3 Å². The molecule has 0 spiro atoms. The van der Waals surface area contributed by atoms with Crippen LogP contribution in [0, 0.1) is 11.8 Å². The SMILES string of the molecule is COc1ccc(CN2C[C@H]3CCC[C@H](C2)C3N2CCCCC2)cc1OC. The predicted octanol–water partition coefficient (Wildman–Crippen LogP) is 3.79. The average Bonchev–Trinajstić information content (AvgIpc) is 2.68. The maximum Gasteiger partial charge on any atom is 0.161 e. The molecule has 1 saturated carbocycles. The Labute approximate surface area is 158 Å². The molecule has 0 aromatic heterocycles. The highest BCUT2D eigenvalue weighted by atomic mass is 16.5. The van der Waals surface area contributed by atoms with E-state index in [4.69, 9.17) is 9.47 Å². The van der Waals surface area contributed by atoms with Gasteiger partial charge in [0.2, 0.25) is 0 Å². The fourth-order valence-electron chi connectivity index (χ4n) is 5.68. The Kier molecular flexibility index (Phi) is 5.70. The van der Waals surface area contributed by atoms with Gasteiger partial charge in [0.1, 0.15) is 0 Å². The molecule has 4 nitrogen and oxygen atoms in total. The molecule has 26 heavy (non-hydrogen) atoms. The first-order chi connectivity index (χ1) is 12.8. The molecule has 2 atom stereocenters. The quantitative estimate of drug-likeness (QED) is 0.799. The van der Waals surface area contributed by atoms with Crippen molar-refractivity contribution in [2.24, 2.45) is 11.8 Å². The molecule has 1 aliphatic carbocycles. The lowest BCUT2D eigenvalue weighted by Crippen LogP contribution is -2.58. The molecule has 0 N–H and O–H groups in total. The molecule has 2 bridgehead atoms. The van der Waals surface area contributed by atoms with Crippen molar-refractivity contribution in [2.75, 3.05) is 40.4 Å². The zero-order valence-corrected chi connectivity index (χ0v) is 16.5. The molecule has 0 unspecified atom stereocenters. The lowest BCUT2D eigenvalue weighted by molar-refractivity contribution is -0.0290. The van der Waals surface area contributed by atoms with Crippen LogP contribution in [0.15, 0.2) is 18.2 Å². The third kappa shape index (κ3) is 3.72. The molecule has 144 valence electrons. The topological polar surface area (TPSA) is 24.9 Å². The number of ether oxygens (including phenoxy) is 2. The monoisotopic (exact) mass is 358 g/mol. The molecule has 3 fully saturated rings. The second-order valence-corrected chi connectivity index (χ2v) is 8.42. The second-order valence-electron chi connectivity index (χ2n) is 8.42. The Bertz CT molecular complexity index is 586. The maximum atomic E-state index is 5.49. The standard InChI is InChI=1S/C22H34N2O2/c1-25-20-10-9-17(13-21(20)26-2)14-23-15-18-7-6-8-19(16-23)22(18)24-11-4-3-5-12-24/h9-10,13,18-19,22H,3-8,11-12,14-16H2,1-2H3/t18-,19-/m1/s1. The Hall–Kier alpha value is -1.26. The lowest BCUT2D eigenvalue weighted by atomic mass is 9.72. The molecule has 4 rings (SSSR count). The zero-order chi connectivity index (χ0) is 17.9.